The van der Waals surface area contributed by atoms with Gasteiger partial charge in [0.1, 0.15) is 5.69 Å². The first-order valence-corrected chi connectivity index (χ1v) is 7.07. The number of carbonyl (C=O) groups is 1. The second-order valence-corrected chi connectivity index (χ2v) is 5.40. The lowest BCUT2D eigenvalue weighted by Crippen LogP contribution is -2.34. The number of nitrogens with zero attached hydrogens (tertiary/aromatic N) is 2. The Labute approximate surface area is 106 Å². The van der Waals surface area contributed by atoms with Crippen molar-refractivity contribution in [1.29, 1.82) is 0 Å². The van der Waals surface area contributed by atoms with Gasteiger partial charge in [0.25, 0.3) is 5.91 Å². The quantitative estimate of drug-likeness (QED) is 0.897. The van der Waals surface area contributed by atoms with Crippen molar-refractivity contribution in [2.24, 2.45) is 5.92 Å². The Morgan fingerprint density at radius 1 is 1.71 bits per heavy atom. The van der Waals surface area contributed by atoms with Gasteiger partial charge >= 0.3 is 0 Å². The number of carbonyl (C=O) groups excluding carboxylic acids is 1. The molecule has 1 N–H and O–H groups in total. The third kappa shape index (κ3) is 2.97. The Bertz CT molecular complexity index is 391. The van der Waals surface area contributed by atoms with Crippen LogP contribution in [-0.2, 0) is 0 Å². The highest BCUT2D eigenvalue weighted by atomic mass is 32.1. The van der Waals surface area contributed by atoms with E-state index in [9.17, 15) is 4.79 Å². The lowest BCUT2D eigenvalue weighted by atomic mass is 10.0. The molecule has 4 nitrogen and oxygen atoms in total. The molecule has 0 aliphatic carbocycles. The van der Waals surface area contributed by atoms with Crippen molar-refractivity contribution < 1.29 is 4.79 Å². The maximum atomic E-state index is 11.6. The molecule has 0 saturated carbocycles. The van der Waals surface area contributed by atoms with Crippen LogP contribution in [0, 0.1) is 5.92 Å². The van der Waals surface area contributed by atoms with Crippen molar-refractivity contribution >= 4 is 22.4 Å². The van der Waals surface area contributed by atoms with E-state index >= 15 is 0 Å². The van der Waals surface area contributed by atoms with Gasteiger partial charge in [-0.25, -0.2) is 4.98 Å². The van der Waals surface area contributed by atoms with E-state index in [2.05, 4.69) is 22.1 Å². The zero-order chi connectivity index (χ0) is 12.3. The van der Waals surface area contributed by atoms with Crippen molar-refractivity contribution in [3.63, 3.8) is 0 Å². The van der Waals surface area contributed by atoms with Crippen LogP contribution in [0.4, 0.5) is 5.13 Å². The van der Waals surface area contributed by atoms with Crippen LogP contribution in [0.3, 0.4) is 0 Å². The van der Waals surface area contributed by atoms with Gasteiger partial charge in [-0.15, -0.1) is 11.3 Å². The highest BCUT2D eigenvalue weighted by Gasteiger charge is 2.20. The van der Waals surface area contributed by atoms with Crippen LogP contribution in [0.5, 0.6) is 0 Å². The molecule has 0 spiro atoms. The molecule has 17 heavy (non-hydrogen) atoms. The van der Waals surface area contributed by atoms with Crippen LogP contribution in [0.15, 0.2) is 5.38 Å². The van der Waals surface area contributed by atoms with Gasteiger partial charge in [0.05, 0.1) is 0 Å². The maximum absolute atomic E-state index is 11.6. The van der Waals surface area contributed by atoms with Crippen molar-refractivity contribution in [1.82, 2.24) is 10.3 Å². The van der Waals surface area contributed by atoms with Crippen LogP contribution >= 0.6 is 11.3 Å². The number of hydrogen-bond donors (Lipinski definition) is 1. The molecular formula is C12H19N3OS. The Morgan fingerprint density at radius 2 is 2.53 bits per heavy atom. The molecule has 94 valence electrons. The first-order chi connectivity index (χ1) is 8.20. The van der Waals surface area contributed by atoms with E-state index in [1.165, 1.54) is 12.8 Å². The van der Waals surface area contributed by atoms with Gasteiger partial charge in [-0.2, -0.15) is 0 Å². The number of amides is 1. The summed E-state index contributed by atoms with van der Waals surface area (Å²) in [5.41, 5.74) is 0.546. The molecule has 1 aliphatic heterocycles. The topological polar surface area (TPSA) is 45.2 Å². The Balaban J connectivity index is 2.04. The summed E-state index contributed by atoms with van der Waals surface area (Å²) in [5.74, 6) is 0.653. The third-order valence-electron chi connectivity index (χ3n) is 2.99. The van der Waals surface area contributed by atoms with E-state index < -0.39 is 0 Å². The van der Waals surface area contributed by atoms with E-state index in [0.717, 1.165) is 24.1 Å². The van der Waals surface area contributed by atoms with Crippen molar-refractivity contribution in [3.05, 3.63) is 11.1 Å². The average molecular weight is 253 g/mol. The standard InChI is InChI=1S/C12H19N3OS/c1-3-13-11(16)10-8-17-12(14-10)15-6-4-5-9(2)7-15/h8-9H,3-7H2,1-2H3,(H,13,16). The lowest BCUT2D eigenvalue weighted by molar-refractivity contribution is 0.0951. The van der Waals surface area contributed by atoms with Gasteiger partial charge in [-0.1, -0.05) is 6.92 Å². The average Bonchev–Trinajstić information content (AvgIpc) is 2.78. The molecule has 1 amide bonds. The number of anilines is 1. The first-order valence-electron chi connectivity index (χ1n) is 6.19. The fourth-order valence-electron chi connectivity index (χ4n) is 2.13. The molecule has 1 aromatic rings. The van der Waals surface area contributed by atoms with Crippen molar-refractivity contribution in [2.45, 2.75) is 26.7 Å². The molecule has 1 aliphatic rings. The van der Waals surface area contributed by atoms with Gasteiger partial charge in [0.15, 0.2) is 5.13 Å². The van der Waals surface area contributed by atoms with Crippen LogP contribution < -0.4 is 10.2 Å². The van der Waals surface area contributed by atoms with Gasteiger partial charge < -0.3 is 10.2 Å². The molecule has 5 heteroatoms. The predicted molar refractivity (Wildman–Crippen MR) is 70.7 cm³/mol. The van der Waals surface area contributed by atoms with Gasteiger partial charge in [-0.05, 0) is 25.7 Å². The number of hydrogen-bond acceptors (Lipinski definition) is 4. The van der Waals surface area contributed by atoms with E-state index in [-0.39, 0.29) is 5.91 Å². The number of nitrogens with one attached hydrogen (secondary N) is 1. The van der Waals surface area contributed by atoms with E-state index in [0.29, 0.717) is 12.2 Å². The lowest BCUT2D eigenvalue weighted by Gasteiger charge is -2.30. The number of aromatic nitrogens is 1. The third-order valence-corrected chi connectivity index (χ3v) is 3.89. The normalized spacial score (nSPS) is 20.4. The zero-order valence-corrected chi connectivity index (χ0v) is 11.2. The Kier molecular flexibility index (Phi) is 3.99. The number of rotatable bonds is 3. The second kappa shape index (κ2) is 5.49. The summed E-state index contributed by atoms with van der Waals surface area (Å²) in [6.07, 6.45) is 2.52. The first kappa shape index (κ1) is 12.4. The zero-order valence-electron chi connectivity index (χ0n) is 10.4. The maximum Gasteiger partial charge on any atom is 0.270 e. The summed E-state index contributed by atoms with van der Waals surface area (Å²) in [5, 5.41) is 5.60. The summed E-state index contributed by atoms with van der Waals surface area (Å²) in [7, 11) is 0. The largest absolute Gasteiger partial charge is 0.351 e. The molecule has 2 rings (SSSR count). The highest BCUT2D eigenvalue weighted by Crippen LogP contribution is 2.25. The predicted octanol–water partition coefficient (Wildman–Crippen LogP) is 2.13. The molecule has 1 saturated heterocycles. The van der Waals surface area contributed by atoms with Crippen LogP contribution in [-0.4, -0.2) is 30.5 Å². The van der Waals surface area contributed by atoms with Gasteiger partial charge in [0.2, 0.25) is 0 Å². The van der Waals surface area contributed by atoms with Crippen LogP contribution in [0.25, 0.3) is 0 Å². The van der Waals surface area contributed by atoms with Crippen LogP contribution in [0.1, 0.15) is 37.2 Å². The fraction of sp³-hybridized carbons (Fsp3) is 0.667. The molecule has 2 heterocycles. The van der Waals surface area contributed by atoms with E-state index in [4.69, 9.17) is 0 Å². The molecule has 0 radical (unpaired) electrons. The molecule has 0 bridgehead atoms. The van der Waals surface area contributed by atoms with E-state index in [1.54, 1.807) is 11.3 Å². The minimum Gasteiger partial charge on any atom is -0.351 e. The second-order valence-electron chi connectivity index (χ2n) is 4.57. The number of thiazole rings is 1. The summed E-state index contributed by atoms with van der Waals surface area (Å²) in [4.78, 5) is 18.3. The smallest absolute Gasteiger partial charge is 0.270 e. The molecule has 1 atom stereocenters. The summed E-state index contributed by atoms with van der Waals surface area (Å²) < 4.78 is 0. The molecule has 1 unspecified atom stereocenters. The summed E-state index contributed by atoms with van der Waals surface area (Å²) >= 11 is 1.57. The SMILES string of the molecule is CCNC(=O)c1csc(N2CCCC(C)C2)n1. The minimum absolute atomic E-state index is 0.0694. The minimum atomic E-state index is -0.0694. The van der Waals surface area contributed by atoms with Crippen LogP contribution in [0.2, 0.25) is 0 Å². The Hall–Kier alpha value is -1.10. The monoisotopic (exact) mass is 253 g/mol. The summed E-state index contributed by atoms with van der Waals surface area (Å²) in [6, 6.07) is 0. The Morgan fingerprint density at radius 3 is 3.24 bits per heavy atom. The molecule has 1 fully saturated rings. The highest BCUT2D eigenvalue weighted by molar-refractivity contribution is 7.13. The molecular weight excluding hydrogens is 234 g/mol. The number of piperidine rings is 1. The van der Waals surface area contributed by atoms with Crippen molar-refractivity contribution in [3.8, 4) is 0 Å². The van der Waals surface area contributed by atoms with Gasteiger partial charge in [0, 0.05) is 25.0 Å². The molecule has 0 aromatic carbocycles. The fourth-order valence-corrected chi connectivity index (χ4v) is 2.97. The van der Waals surface area contributed by atoms with Gasteiger partial charge in [-0.3, -0.25) is 4.79 Å². The summed E-state index contributed by atoms with van der Waals surface area (Å²) in [6.45, 7) is 6.95. The van der Waals surface area contributed by atoms with E-state index in [1.807, 2.05) is 12.3 Å². The molecule has 1 aromatic heterocycles. The van der Waals surface area contributed by atoms with Crippen molar-refractivity contribution in [2.75, 3.05) is 24.5 Å².